The van der Waals surface area contributed by atoms with Crippen LogP contribution in [0.4, 0.5) is 0 Å². The topological polar surface area (TPSA) is 77.3 Å². The van der Waals surface area contributed by atoms with Crippen molar-refractivity contribution < 1.29 is 14.1 Å². The van der Waals surface area contributed by atoms with Crippen LogP contribution in [0.3, 0.4) is 0 Å². The van der Waals surface area contributed by atoms with Crippen LogP contribution in [0.5, 0.6) is 0 Å². The highest BCUT2D eigenvalue weighted by molar-refractivity contribution is 5.94. The zero-order valence-electron chi connectivity index (χ0n) is 14.2. The van der Waals surface area contributed by atoms with Crippen molar-refractivity contribution in [3.63, 3.8) is 0 Å². The Bertz CT molecular complexity index is 878. The number of nitrogens with zero attached hydrogens (tertiary/aromatic N) is 2. The van der Waals surface area contributed by atoms with Crippen molar-refractivity contribution in [2.24, 2.45) is 0 Å². The lowest BCUT2D eigenvalue weighted by molar-refractivity contribution is 0.0908. The summed E-state index contributed by atoms with van der Waals surface area (Å²) in [4.78, 5) is 17.2. The Morgan fingerprint density at radius 1 is 1.15 bits per heavy atom. The van der Waals surface area contributed by atoms with Crippen LogP contribution >= 0.6 is 0 Å². The Balaban J connectivity index is 1.58. The Kier molecular flexibility index (Phi) is 4.75. The number of carbonyl (C=O) groups excluding carboxylic acids is 1. The van der Waals surface area contributed by atoms with Gasteiger partial charge in [-0.2, -0.15) is 0 Å². The van der Waals surface area contributed by atoms with Crippen LogP contribution in [0, 0.1) is 0 Å². The van der Waals surface area contributed by atoms with Gasteiger partial charge in [0.1, 0.15) is 5.76 Å². The van der Waals surface area contributed by atoms with Crippen LogP contribution in [0.15, 0.2) is 59.3 Å². The molecular formula is C20H19N3O3. The highest BCUT2D eigenvalue weighted by atomic mass is 16.5. The summed E-state index contributed by atoms with van der Waals surface area (Å²) in [6.07, 6.45) is 3.01. The molecule has 1 aliphatic heterocycles. The van der Waals surface area contributed by atoms with E-state index in [-0.39, 0.29) is 11.9 Å². The number of benzene rings is 1. The highest BCUT2D eigenvalue weighted by Crippen LogP contribution is 2.22. The summed E-state index contributed by atoms with van der Waals surface area (Å²) in [5.74, 6) is 0.464. The first kappa shape index (κ1) is 16.5. The van der Waals surface area contributed by atoms with E-state index in [0.717, 1.165) is 22.6 Å². The summed E-state index contributed by atoms with van der Waals surface area (Å²) in [6.45, 7) is 0.947. The number of ether oxygens (including phenoxy) is 1. The number of amides is 1. The zero-order valence-corrected chi connectivity index (χ0v) is 14.2. The lowest BCUT2D eigenvalue weighted by Crippen LogP contribution is -2.31. The summed E-state index contributed by atoms with van der Waals surface area (Å²) >= 11 is 0. The molecule has 6 nitrogen and oxygen atoms in total. The predicted octanol–water partition coefficient (Wildman–Crippen LogP) is 2.86. The number of rotatable bonds is 5. The molecule has 0 bridgehead atoms. The van der Waals surface area contributed by atoms with Gasteiger partial charge in [0.2, 0.25) is 0 Å². The second kappa shape index (κ2) is 7.49. The number of hydrogen-bond donors (Lipinski definition) is 1. The molecule has 1 aromatic carbocycles. The summed E-state index contributed by atoms with van der Waals surface area (Å²) < 4.78 is 10.7. The van der Waals surface area contributed by atoms with E-state index in [1.807, 2.05) is 48.5 Å². The minimum atomic E-state index is -0.271. The quantitative estimate of drug-likeness (QED) is 0.766. The molecule has 0 radical (unpaired) electrons. The number of hydrogen-bond acceptors (Lipinski definition) is 5. The standard InChI is InChI=1S/C20H19N3O3/c24-20(19-15-13-25-11-9-18(15)26-23-19)22-17(16-8-4-5-10-21-16)12-14-6-2-1-3-7-14/h1-8,10,17H,9,11-13H2,(H,22,24). The van der Waals surface area contributed by atoms with Gasteiger partial charge in [-0.15, -0.1) is 0 Å². The largest absolute Gasteiger partial charge is 0.376 e. The maximum atomic E-state index is 12.8. The van der Waals surface area contributed by atoms with Crippen molar-refractivity contribution in [1.29, 1.82) is 0 Å². The first-order chi connectivity index (χ1) is 12.8. The Labute approximate surface area is 151 Å². The van der Waals surface area contributed by atoms with E-state index >= 15 is 0 Å². The van der Waals surface area contributed by atoms with Gasteiger partial charge in [0.15, 0.2) is 5.69 Å². The SMILES string of the molecule is O=C(NC(Cc1ccccc1)c1ccccn1)c1noc2c1COCC2. The molecule has 3 aromatic rings. The number of aromatic nitrogens is 2. The Morgan fingerprint density at radius 2 is 2.00 bits per heavy atom. The second-order valence-electron chi connectivity index (χ2n) is 6.21. The summed E-state index contributed by atoms with van der Waals surface area (Å²) in [7, 11) is 0. The minimum absolute atomic E-state index is 0.261. The van der Waals surface area contributed by atoms with Crippen LogP contribution in [0.25, 0.3) is 0 Å². The van der Waals surface area contributed by atoms with Gasteiger partial charge in [-0.1, -0.05) is 41.6 Å². The van der Waals surface area contributed by atoms with Gasteiger partial charge in [0.05, 0.1) is 30.5 Å². The number of carbonyl (C=O) groups is 1. The number of pyridine rings is 1. The molecule has 0 aliphatic carbocycles. The first-order valence-corrected chi connectivity index (χ1v) is 8.62. The molecule has 3 heterocycles. The van der Waals surface area contributed by atoms with Gasteiger partial charge in [0.25, 0.3) is 5.91 Å². The normalized spacial score (nSPS) is 14.5. The number of fused-ring (bicyclic) bond motifs is 1. The second-order valence-corrected chi connectivity index (χ2v) is 6.21. The van der Waals surface area contributed by atoms with Crippen molar-refractivity contribution in [3.8, 4) is 0 Å². The van der Waals surface area contributed by atoms with Gasteiger partial charge in [-0.25, -0.2) is 0 Å². The molecule has 2 aromatic heterocycles. The molecule has 26 heavy (non-hydrogen) atoms. The zero-order chi connectivity index (χ0) is 17.8. The average Bonchev–Trinajstić information content (AvgIpc) is 3.13. The van der Waals surface area contributed by atoms with Crippen LogP contribution in [0.2, 0.25) is 0 Å². The van der Waals surface area contributed by atoms with Gasteiger partial charge in [0, 0.05) is 12.6 Å². The third-order valence-electron chi connectivity index (χ3n) is 4.44. The first-order valence-electron chi connectivity index (χ1n) is 8.62. The molecule has 1 aliphatic rings. The van der Waals surface area contributed by atoms with E-state index in [0.29, 0.717) is 31.7 Å². The maximum Gasteiger partial charge on any atom is 0.274 e. The highest BCUT2D eigenvalue weighted by Gasteiger charge is 2.26. The molecular weight excluding hydrogens is 330 g/mol. The van der Waals surface area contributed by atoms with Crippen molar-refractivity contribution in [3.05, 3.63) is 83.0 Å². The average molecular weight is 349 g/mol. The Morgan fingerprint density at radius 3 is 2.81 bits per heavy atom. The fraction of sp³-hybridized carbons (Fsp3) is 0.250. The fourth-order valence-corrected chi connectivity index (χ4v) is 3.09. The number of nitrogens with one attached hydrogen (secondary N) is 1. The predicted molar refractivity (Wildman–Crippen MR) is 94.5 cm³/mol. The smallest absolute Gasteiger partial charge is 0.274 e. The molecule has 1 N–H and O–H groups in total. The Hall–Kier alpha value is -2.99. The fourth-order valence-electron chi connectivity index (χ4n) is 3.09. The molecule has 0 fully saturated rings. The van der Waals surface area contributed by atoms with E-state index in [9.17, 15) is 4.79 Å². The van der Waals surface area contributed by atoms with E-state index < -0.39 is 0 Å². The van der Waals surface area contributed by atoms with E-state index in [1.54, 1.807) is 6.20 Å². The molecule has 132 valence electrons. The van der Waals surface area contributed by atoms with E-state index in [2.05, 4.69) is 15.5 Å². The molecule has 1 amide bonds. The van der Waals surface area contributed by atoms with Gasteiger partial charge in [-0.05, 0) is 24.1 Å². The lowest BCUT2D eigenvalue weighted by Gasteiger charge is -2.18. The van der Waals surface area contributed by atoms with Gasteiger partial charge < -0.3 is 14.6 Å². The summed E-state index contributed by atoms with van der Waals surface area (Å²) in [6, 6.07) is 15.4. The van der Waals surface area contributed by atoms with Crippen molar-refractivity contribution in [2.45, 2.75) is 25.5 Å². The maximum absolute atomic E-state index is 12.8. The summed E-state index contributed by atoms with van der Waals surface area (Å²) in [5, 5.41) is 7.02. The molecule has 4 rings (SSSR count). The van der Waals surface area contributed by atoms with Crippen molar-refractivity contribution in [2.75, 3.05) is 6.61 Å². The molecule has 0 spiro atoms. The molecule has 6 heteroatoms. The molecule has 0 saturated heterocycles. The van der Waals surface area contributed by atoms with Crippen molar-refractivity contribution in [1.82, 2.24) is 15.5 Å². The lowest BCUT2D eigenvalue weighted by atomic mass is 10.0. The van der Waals surface area contributed by atoms with Crippen molar-refractivity contribution >= 4 is 5.91 Å². The van der Waals surface area contributed by atoms with Crippen LogP contribution in [-0.4, -0.2) is 22.7 Å². The molecule has 0 saturated carbocycles. The monoisotopic (exact) mass is 349 g/mol. The van der Waals surface area contributed by atoms with Gasteiger partial charge in [-0.3, -0.25) is 9.78 Å². The summed E-state index contributed by atoms with van der Waals surface area (Å²) in [5.41, 5.74) is 2.97. The molecule has 1 atom stereocenters. The van der Waals surface area contributed by atoms with E-state index in [1.165, 1.54) is 0 Å². The minimum Gasteiger partial charge on any atom is -0.376 e. The van der Waals surface area contributed by atoms with Gasteiger partial charge >= 0.3 is 0 Å². The van der Waals surface area contributed by atoms with E-state index in [4.69, 9.17) is 9.26 Å². The van der Waals surface area contributed by atoms with Crippen LogP contribution in [-0.2, 0) is 24.2 Å². The van der Waals surface area contributed by atoms with Crippen LogP contribution in [0.1, 0.15) is 39.1 Å². The third-order valence-corrected chi connectivity index (χ3v) is 4.44. The third kappa shape index (κ3) is 3.50. The molecule has 1 unspecified atom stereocenters. The van der Waals surface area contributed by atoms with Crippen LogP contribution < -0.4 is 5.32 Å².